The van der Waals surface area contributed by atoms with Gasteiger partial charge in [-0.25, -0.2) is 0 Å². The molecule has 0 aliphatic rings. The lowest BCUT2D eigenvalue weighted by molar-refractivity contribution is -0.115. The number of nitrogens with one attached hydrogen (secondary N) is 2. The zero-order valence-electron chi connectivity index (χ0n) is 14.5. The molecule has 2 aromatic carbocycles. The molecule has 5 nitrogen and oxygen atoms in total. The summed E-state index contributed by atoms with van der Waals surface area (Å²) in [4.78, 5) is 28.2. The average Bonchev–Trinajstić information content (AvgIpc) is 2.69. The molecule has 0 radical (unpaired) electrons. The topological polar surface area (TPSA) is 71.1 Å². The number of anilines is 1. The third-order valence-corrected chi connectivity index (χ3v) is 4.86. The van der Waals surface area contributed by atoms with Crippen LogP contribution in [0.2, 0.25) is 0 Å². The van der Waals surface area contributed by atoms with E-state index in [0.29, 0.717) is 11.3 Å². The van der Waals surface area contributed by atoms with Gasteiger partial charge >= 0.3 is 0 Å². The molecule has 1 heterocycles. The highest BCUT2D eigenvalue weighted by molar-refractivity contribution is 14.1. The van der Waals surface area contributed by atoms with Gasteiger partial charge in [0.15, 0.2) is 0 Å². The second-order valence-electron chi connectivity index (χ2n) is 5.94. The van der Waals surface area contributed by atoms with Crippen molar-refractivity contribution in [2.24, 2.45) is 0 Å². The van der Waals surface area contributed by atoms with Crippen LogP contribution in [-0.4, -0.2) is 23.3 Å². The van der Waals surface area contributed by atoms with E-state index in [-0.39, 0.29) is 18.4 Å². The Bertz CT molecular complexity index is 928. The van der Waals surface area contributed by atoms with E-state index in [1.807, 2.05) is 48.5 Å². The molecule has 0 bridgehead atoms. The highest BCUT2D eigenvalue weighted by Crippen LogP contribution is 2.13. The van der Waals surface area contributed by atoms with Crippen LogP contribution in [0.5, 0.6) is 0 Å². The van der Waals surface area contributed by atoms with Gasteiger partial charge in [-0.15, -0.1) is 0 Å². The highest BCUT2D eigenvalue weighted by Gasteiger charge is 2.10. The molecule has 0 saturated carbocycles. The number of hydrogen-bond donors (Lipinski definition) is 2. The van der Waals surface area contributed by atoms with Crippen LogP contribution < -0.4 is 10.6 Å². The first-order valence-electron chi connectivity index (χ1n) is 8.42. The van der Waals surface area contributed by atoms with Gasteiger partial charge < -0.3 is 10.6 Å². The first-order chi connectivity index (χ1) is 13.1. The van der Waals surface area contributed by atoms with Crippen LogP contribution in [0.1, 0.15) is 21.5 Å². The van der Waals surface area contributed by atoms with Gasteiger partial charge in [-0.05, 0) is 76.5 Å². The van der Waals surface area contributed by atoms with Gasteiger partial charge in [-0.1, -0.05) is 24.3 Å². The van der Waals surface area contributed by atoms with Crippen molar-refractivity contribution in [2.45, 2.75) is 6.42 Å². The highest BCUT2D eigenvalue weighted by atomic mass is 127. The van der Waals surface area contributed by atoms with Gasteiger partial charge in [0.1, 0.15) is 0 Å². The Kier molecular flexibility index (Phi) is 6.54. The second-order valence-corrected chi connectivity index (χ2v) is 7.10. The maximum atomic E-state index is 12.1. The molecule has 27 heavy (non-hydrogen) atoms. The van der Waals surface area contributed by atoms with E-state index >= 15 is 0 Å². The lowest BCUT2D eigenvalue weighted by Crippen LogP contribution is -2.33. The van der Waals surface area contributed by atoms with E-state index in [4.69, 9.17) is 0 Å². The Morgan fingerprint density at radius 3 is 2.26 bits per heavy atom. The molecule has 0 aliphatic carbocycles. The summed E-state index contributed by atoms with van der Waals surface area (Å²) in [5, 5.41) is 5.43. The van der Waals surface area contributed by atoms with Crippen LogP contribution in [0, 0.1) is 3.57 Å². The number of hydrogen-bond acceptors (Lipinski definition) is 3. The van der Waals surface area contributed by atoms with Gasteiger partial charge in [0.2, 0.25) is 5.91 Å². The number of benzene rings is 2. The first-order valence-corrected chi connectivity index (χ1v) is 9.50. The summed E-state index contributed by atoms with van der Waals surface area (Å²) in [7, 11) is 0. The predicted molar refractivity (Wildman–Crippen MR) is 114 cm³/mol. The lowest BCUT2D eigenvalue weighted by atomic mass is 10.1. The van der Waals surface area contributed by atoms with Crippen LogP contribution in [-0.2, 0) is 11.2 Å². The molecule has 0 atom stereocenters. The molecule has 0 spiro atoms. The van der Waals surface area contributed by atoms with Gasteiger partial charge in [-0.3, -0.25) is 14.6 Å². The number of carbonyl (C=O) groups is 2. The molecule has 1 aromatic heterocycles. The summed E-state index contributed by atoms with van der Waals surface area (Å²) in [5.41, 5.74) is 3.58. The quantitative estimate of drug-likeness (QED) is 0.540. The fraction of sp³-hybridized carbons (Fsp3) is 0.0952. The zero-order valence-corrected chi connectivity index (χ0v) is 16.6. The first kappa shape index (κ1) is 19.0. The van der Waals surface area contributed by atoms with Gasteiger partial charge in [-0.2, -0.15) is 0 Å². The summed E-state index contributed by atoms with van der Waals surface area (Å²) in [5.74, 6) is -0.529. The largest absolute Gasteiger partial charge is 0.343 e. The standard InChI is InChI=1S/C21H18IN3O2/c22-19-4-2-1-3-18(19)21(27)24-14-20(26)25-17-7-5-15(6-8-17)13-16-9-11-23-12-10-16/h1-12H,13-14H2,(H,24,27)(H,25,26). The molecule has 0 saturated heterocycles. The van der Waals surface area contributed by atoms with E-state index in [2.05, 4.69) is 38.2 Å². The van der Waals surface area contributed by atoms with Crippen molar-refractivity contribution in [3.05, 3.63) is 93.3 Å². The Morgan fingerprint density at radius 2 is 1.56 bits per heavy atom. The third-order valence-electron chi connectivity index (χ3n) is 3.92. The van der Waals surface area contributed by atoms with Crippen molar-refractivity contribution in [3.63, 3.8) is 0 Å². The Hall–Kier alpha value is -2.74. The number of nitrogens with zero attached hydrogens (tertiary/aromatic N) is 1. The van der Waals surface area contributed by atoms with Crippen molar-refractivity contribution in [3.8, 4) is 0 Å². The van der Waals surface area contributed by atoms with E-state index in [9.17, 15) is 9.59 Å². The van der Waals surface area contributed by atoms with Crippen LogP contribution in [0.3, 0.4) is 0 Å². The van der Waals surface area contributed by atoms with Crippen LogP contribution >= 0.6 is 22.6 Å². The van der Waals surface area contributed by atoms with Crippen molar-refractivity contribution >= 4 is 40.1 Å². The second kappa shape index (κ2) is 9.27. The molecule has 3 rings (SSSR count). The number of halogens is 1. The minimum Gasteiger partial charge on any atom is -0.343 e. The smallest absolute Gasteiger partial charge is 0.252 e. The van der Waals surface area contributed by atoms with Crippen LogP contribution in [0.4, 0.5) is 5.69 Å². The molecular formula is C21H18IN3O2. The summed E-state index contributed by atoms with van der Waals surface area (Å²) in [6, 6.07) is 18.9. The van der Waals surface area contributed by atoms with Crippen molar-refractivity contribution in [2.75, 3.05) is 11.9 Å². The number of carbonyl (C=O) groups excluding carboxylic acids is 2. The van der Waals surface area contributed by atoms with Gasteiger partial charge in [0.05, 0.1) is 12.1 Å². The van der Waals surface area contributed by atoms with Gasteiger partial charge in [0, 0.05) is 21.7 Å². The number of amides is 2. The lowest BCUT2D eigenvalue weighted by Gasteiger charge is -2.09. The molecule has 2 amide bonds. The summed E-state index contributed by atoms with van der Waals surface area (Å²) in [6.45, 7) is -0.0808. The molecule has 0 aliphatic heterocycles. The zero-order chi connectivity index (χ0) is 19.1. The molecule has 0 fully saturated rings. The van der Waals surface area contributed by atoms with Gasteiger partial charge in [0.25, 0.3) is 5.91 Å². The molecule has 136 valence electrons. The molecule has 3 aromatic rings. The molecule has 0 unspecified atom stereocenters. The van der Waals surface area contributed by atoms with E-state index in [1.54, 1.807) is 24.5 Å². The van der Waals surface area contributed by atoms with E-state index < -0.39 is 0 Å². The monoisotopic (exact) mass is 471 g/mol. The Labute approximate surface area is 171 Å². The van der Waals surface area contributed by atoms with Crippen molar-refractivity contribution in [1.29, 1.82) is 0 Å². The van der Waals surface area contributed by atoms with Crippen molar-refractivity contribution < 1.29 is 9.59 Å². The number of aromatic nitrogens is 1. The maximum absolute atomic E-state index is 12.1. The van der Waals surface area contributed by atoms with Crippen molar-refractivity contribution in [1.82, 2.24) is 10.3 Å². The van der Waals surface area contributed by atoms with E-state index in [0.717, 1.165) is 15.6 Å². The Balaban J connectivity index is 1.50. The summed E-state index contributed by atoms with van der Waals surface area (Å²) < 4.78 is 0.845. The fourth-order valence-electron chi connectivity index (χ4n) is 2.55. The summed E-state index contributed by atoms with van der Waals surface area (Å²) >= 11 is 2.10. The normalized spacial score (nSPS) is 10.3. The predicted octanol–water partition coefficient (Wildman–Crippen LogP) is 3.65. The number of rotatable bonds is 6. The van der Waals surface area contributed by atoms with Crippen LogP contribution in [0.15, 0.2) is 73.1 Å². The van der Waals surface area contributed by atoms with Crippen LogP contribution in [0.25, 0.3) is 0 Å². The maximum Gasteiger partial charge on any atom is 0.252 e. The average molecular weight is 471 g/mol. The Morgan fingerprint density at radius 1 is 0.889 bits per heavy atom. The molecule has 6 heteroatoms. The fourth-order valence-corrected chi connectivity index (χ4v) is 3.18. The third kappa shape index (κ3) is 5.62. The molecule has 2 N–H and O–H groups in total. The molecular weight excluding hydrogens is 453 g/mol. The summed E-state index contributed by atoms with van der Waals surface area (Å²) in [6.07, 6.45) is 4.35. The SMILES string of the molecule is O=C(CNC(=O)c1ccccc1I)Nc1ccc(Cc2ccncc2)cc1. The number of pyridine rings is 1. The minimum absolute atomic E-state index is 0.0808. The van der Waals surface area contributed by atoms with E-state index in [1.165, 1.54) is 5.56 Å². The minimum atomic E-state index is -0.267.